The van der Waals surface area contributed by atoms with Crippen molar-refractivity contribution in [1.29, 1.82) is 0 Å². The van der Waals surface area contributed by atoms with Crippen molar-refractivity contribution in [2.24, 2.45) is 5.92 Å². The summed E-state index contributed by atoms with van der Waals surface area (Å²) in [6, 6.07) is 13.6. The van der Waals surface area contributed by atoms with Crippen molar-refractivity contribution < 1.29 is 24.0 Å². The summed E-state index contributed by atoms with van der Waals surface area (Å²) in [6.45, 7) is 0. The molecule has 3 unspecified atom stereocenters. The first-order valence-electron chi connectivity index (χ1n) is 8.24. The molecular weight excluding hydrogens is 416 g/mol. The number of fused-ring (bicyclic) bond motifs is 1. The molecule has 2 fully saturated rings. The molecule has 27 heavy (non-hydrogen) atoms. The zero-order valence-electron chi connectivity index (χ0n) is 14.2. The van der Waals surface area contributed by atoms with Crippen molar-refractivity contribution in [3.8, 4) is 0 Å². The molecule has 2 aliphatic heterocycles. The van der Waals surface area contributed by atoms with E-state index >= 15 is 0 Å². The number of methoxy groups -OCH3 is 1. The SMILES string of the molecule is COC(=O)c1ccc(C2C3C(=O)NC(=O)C3ON2c2ccc(Br)cc2)cc1. The Hall–Kier alpha value is -2.71. The maximum Gasteiger partial charge on any atom is 0.337 e. The number of hydrogen-bond donors (Lipinski definition) is 1. The van der Waals surface area contributed by atoms with Crippen LogP contribution in [0.2, 0.25) is 0 Å². The Morgan fingerprint density at radius 2 is 1.74 bits per heavy atom. The molecule has 2 heterocycles. The molecule has 2 saturated heterocycles. The summed E-state index contributed by atoms with van der Waals surface area (Å²) >= 11 is 3.39. The Bertz CT molecular complexity index is 913. The number of hydroxylamine groups is 1. The molecular formula is C19H15BrN2O5. The first kappa shape index (κ1) is 17.7. The Morgan fingerprint density at radius 1 is 1.07 bits per heavy atom. The zero-order chi connectivity index (χ0) is 19.1. The second-order valence-corrected chi connectivity index (χ2v) is 7.18. The lowest BCUT2D eigenvalue weighted by Crippen LogP contribution is -2.33. The summed E-state index contributed by atoms with van der Waals surface area (Å²) in [5.41, 5.74) is 1.87. The molecule has 0 spiro atoms. The zero-order valence-corrected chi connectivity index (χ0v) is 15.8. The highest BCUT2D eigenvalue weighted by Gasteiger charge is 2.56. The molecule has 1 N–H and O–H groups in total. The Kier molecular flexibility index (Phi) is 4.45. The molecule has 0 bridgehead atoms. The van der Waals surface area contributed by atoms with Crippen LogP contribution in [0.25, 0.3) is 0 Å². The average Bonchev–Trinajstić information content (AvgIpc) is 3.20. The van der Waals surface area contributed by atoms with E-state index in [0.29, 0.717) is 5.56 Å². The lowest BCUT2D eigenvalue weighted by atomic mass is 9.90. The van der Waals surface area contributed by atoms with Crippen molar-refractivity contribution in [2.45, 2.75) is 12.1 Å². The summed E-state index contributed by atoms with van der Waals surface area (Å²) in [7, 11) is 1.31. The normalized spacial score (nSPS) is 23.9. The number of hydrogen-bond acceptors (Lipinski definition) is 6. The molecule has 0 aromatic heterocycles. The van der Waals surface area contributed by atoms with Gasteiger partial charge in [0.1, 0.15) is 5.92 Å². The number of carbonyl (C=O) groups is 3. The summed E-state index contributed by atoms with van der Waals surface area (Å²) in [5.74, 6) is -1.93. The maximum atomic E-state index is 12.4. The van der Waals surface area contributed by atoms with Gasteiger partial charge in [-0.25, -0.2) is 9.86 Å². The van der Waals surface area contributed by atoms with Crippen LogP contribution >= 0.6 is 15.9 Å². The number of nitrogens with zero attached hydrogens (tertiary/aromatic N) is 1. The number of ether oxygens (including phenoxy) is 1. The second kappa shape index (κ2) is 6.79. The minimum absolute atomic E-state index is 0.369. The van der Waals surface area contributed by atoms with E-state index in [0.717, 1.165) is 15.7 Å². The van der Waals surface area contributed by atoms with Crippen LogP contribution in [0.1, 0.15) is 22.0 Å². The molecule has 2 aromatic rings. The van der Waals surface area contributed by atoms with Crippen LogP contribution in [0.4, 0.5) is 5.69 Å². The topological polar surface area (TPSA) is 84.9 Å². The number of benzene rings is 2. The van der Waals surface area contributed by atoms with Gasteiger partial charge in [0.05, 0.1) is 24.4 Å². The van der Waals surface area contributed by atoms with E-state index in [-0.39, 0.29) is 5.91 Å². The third-order valence-corrected chi connectivity index (χ3v) is 5.24. The van der Waals surface area contributed by atoms with E-state index in [9.17, 15) is 14.4 Å². The minimum Gasteiger partial charge on any atom is -0.465 e. The van der Waals surface area contributed by atoms with Gasteiger partial charge in [0, 0.05) is 4.47 Å². The standard InChI is InChI=1S/C19H15BrN2O5/c1-26-19(25)11-4-2-10(3-5-11)15-14-16(18(24)21-17(14)23)27-22(15)13-8-6-12(20)7-9-13/h2-9,14-16H,1H3,(H,21,23,24). The van der Waals surface area contributed by atoms with Crippen molar-refractivity contribution in [3.05, 3.63) is 64.1 Å². The van der Waals surface area contributed by atoms with Crippen molar-refractivity contribution in [2.75, 3.05) is 12.2 Å². The van der Waals surface area contributed by atoms with Crippen molar-refractivity contribution in [1.82, 2.24) is 5.32 Å². The summed E-state index contributed by atoms with van der Waals surface area (Å²) in [6.07, 6.45) is -0.883. The molecule has 4 rings (SSSR count). The van der Waals surface area contributed by atoms with E-state index in [4.69, 9.17) is 9.57 Å². The van der Waals surface area contributed by atoms with Gasteiger partial charge in [-0.2, -0.15) is 0 Å². The maximum absolute atomic E-state index is 12.4. The number of halogens is 1. The van der Waals surface area contributed by atoms with Crippen LogP contribution in [-0.2, 0) is 19.2 Å². The number of imide groups is 1. The number of anilines is 1. The van der Waals surface area contributed by atoms with E-state index in [1.807, 2.05) is 24.3 Å². The van der Waals surface area contributed by atoms with Crippen molar-refractivity contribution >= 4 is 39.4 Å². The first-order chi connectivity index (χ1) is 13.0. The number of rotatable bonds is 3. The molecule has 0 radical (unpaired) electrons. The lowest BCUT2D eigenvalue weighted by molar-refractivity contribution is -0.129. The van der Waals surface area contributed by atoms with Gasteiger partial charge in [-0.15, -0.1) is 0 Å². The van der Waals surface area contributed by atoms with Gasteiger partial charge >= 0.3 is 5.97 Å². The van der Waals surface area contributed by atoms with Gasteiger partial charge in [0.2, 0.25) is 5.91 Å². The fourth-order valence-corrected chi connectivity index (χ4v) is 3.68. The van der Waals surface area contributed by atoms with E-state index in [1.165, 1.54) is 7.11 Å². The van der Waals surface area contributed by atoms with Gasteiger partial charge in [-0.05, 0) is 42.0 Å². The van der Waals surface area contributed by atoms with Gasteiger partial charge in [-0.1, -0.05) is 28.1 Å². The highest BCUT2D eigenvalue weighted by molar-refractivity contribution is 9.10. The monoisotopic (exact) mass is 430 g/mol. The molecule has 2 aromatic carbocycles. The predicted molar refractivity (Wildman–Crippen MR) is 98.7 cm³/mol. The summed E-state index contributed by atoms with van der Waals surface area (Å²) in [4.78, 5) is 42.0. The number of nitrogens with one attached hydrogen (secondary N) is 1. The lowest BCUT2D eigenvalue weighted by Gasteiger charge is -2.27. The first-order valence-corrected chi connectivity index (χ1v) is 9.03. The van der Waals surface area contributed by atoms with Gasteiger partial charge in [0.15, 0.2) is 6.10 Å². The van der Waals surface area contributed by atoms with Crippen LogP contribution in [-0.4, -0.2) is 31.0 Å². The van der Waals surface area contributed by atoms with Crippen LogP contribution in [0.5, 0.6) is 0 Å². The minimum atomic E-state index is -0.883. The number of esters is 1. The smallest absolute Gasteiger partial charge is 0.337 e. The van der Waals surface area contributed by atoms with Crippen LogP contribution in [0, 0.1) is 5.92 Å². The Morgan fingerprint density at radius 3 is 2.37 bits per heavy atom. The summed E-state index contributed by atoms with van der Waals surface area (Å²) < 4.78 is 5.62. The van der Waals surface area contributed by atoms with Crippen LogP contribution < -0.4 is 10.4 Å². The molecule has 3 atom stereocenters. The Labute approximate surface area is 163 Å². The number of carbonyl (C=O) groups excluding carboxylic acids is 3. The van der Waals surface area contributed by atoms with Crippen LogP contribution in [0.3, 0.4) is 0 Å². The molecule has 8 heteroatoms. The van der Waals surface area contributed by atoms with Crippen LogP contribution in [0.15, 0.2) is 53.0 Å². The van der Waals surface area contributed by atoms with Gasteiger partial charge < -0.3 is 4.74 Å². The highest BCUT2D eigenvalue weighted by Crippen LogP contribution is 2.44. The number of amides is 2. The fourth-order valence-electron chi connectivity index (χ4n) is 3.42. The average molecular weight is 431 g/mol. The summed E-state index contributed by atoms with van der Waals surface area (Å²) in [5, 5.41) is 3.92. The third-order valence-electron chi connectivity index (χ3n) is 4.71. The molecule has 2 amide bonds. The largest absolute Gasteiger partial charge is 0.465 e. The fraction of sp³-hybridized carbons (Fsp3) is 0.211. The molecule has 0 saturated carbocycles. The van der Waals surface area contributed by atoms with E-state index in [2.05, 4.69) is 21.2 Å². The Balaban J connectivity index is 1.75. The molecule has 138 valence electrons. The molecule has 2 aliphatic rings. The second-order valence-electron chi connectivity index (χ2n) is 6.27. The highest BCUT2D eigenvalue weighted by atomic mass is 79.9. The van der Waals surface area contributed by atoms with E-state index < -0.39 is 29.9 Å². The van der Waals surface area contributed by atoms with Crippen molar-refractivity contribution in [3.63, 3.8) is 0 Å². The molecule has 0 aliphatic carbocycles. The predicted octanol–water partition coefficient (Wildman–Crippen LogP) is 2.37. The molecule has 7 nitrogen and oxygen atoms in total. The van der Waals surface area contributed by atoms with Gasteiger partial charge in [0.25, 0.3) is 5.91 Å². The van der Waals surface area contributed by atoms with Gasteiger partial charge in [-0.3, -0.25) is 19.7 Å². The third kappa shape index (κ3) is 3.00. The quantitative estimate of drug-likeness (QED) is 0.594. The van der Waals surface area contributed by atoms with E-state index in [1.54, 1.807) is 29.3 Å².